The molecule has 48 valence electrons. The molecule has 1 aliphatic rings. The monoisotopic (exact) mass is 153 g/mol. The van der Waals surface area contributed by atoms with Gasteiger partial charge in [-0.15, -0.1) is 0 Å². The van der Waals surface area contributed by atoms with Gasteiger partial charge in [-0.2, -0.15) is 4.49 Å². The molecular weight excluding hydrogens is 145 g/mol. The van der Waals surface area contributed by atoms with E-state index in [1.54, 1.807) is 0 Å². The predicted molar refractivity (Wildman–Crippen MR) is 35.4 cm³/mol. The summed E-state index contributed by atoms with van der Waals surface area (Å²) in [5.41, 5.74) is 5.19. The average Bonchev–Trinajstić information content (AvgIpc) is 1.65. The molecule has 1 fully saturated rings. The van der Waals surface area contributed by atoms with Crippen molar-refractivity contribution in [1.82, 2.24) is 9.58 Å². The zero-order valence-electron chi connectivity index (χ0n) is 4.26. The smallest absolute Gasteiger partial charge is 0.270 e. The van der Waals surface area contributed by atoms with Crippen molar-refractivity contribution >= 4 is 19.5 Å². The fourth-order valence-electron chi connectivity index (χ4n) is 0.437. The Kier molecular flexibility index (Phi) is 1.95. The van der Waals surface area contributed by atoms with Crippen LogP contribution in [0.15, 0.2) is 0 Å². The van der Waals surface area contributed by atoms with E-state index in [-0.39, 0.29) is 0 Å². The first-order valence-corrected chi connectivity index (χ1v) is 5.00. The van der Waals surface area contributed by atoms with Crippen LogP contribution in [0, 0.1) is 0 Å². The van der Waals surface area contributed by atoms with E-state index >= 15 is 0 Å². The fraction of sp³-hybridized carbons (Fsp3) is 1.00. The van der Waals surface area contributed by atoms with E-state index in [0.717, 1.165) is 12.3 Å². The van der Waals surface area contributed by atoms with Crippen LogP contribution in [-0.4, -0.2) is 12.3 Å². The molecule has 6 heteroatoms. The third-order valence-electron chi connectivity index (χ3n) is 0.751. The van der Waals surface area contributed by atoms with Gasteiger partial charge in [0.1, 0.15) is 0 Å². The molecule has 4 nitrogen and oxygen atoms in total. The third kappa shape index (κ3) is 1.76. The number of hydrogen-bond donors (Lipinski definition) is 3. The topological polar surface area (TPSA) is 67.2 Å². The largest absolute Gasteiger partial charge is 0.285 e. The number of hydrogen-bond acceptors (Lipinski definition) is 2. The lowest BCUT2D eigenvalue weighted by molar-refractivity contribution is 0.564. The molecule has 0 amide bonds. The van der Waals surface area contributed by atoms with Gasteiger partial charge in [-0.1, -0.05) is 11.9 Å². The van der Waals surface area contributed by atoms with Crippen LogP contribution in [0.3, 0.4) is 0 Å². The van der Waals surface area contributed by atoms with Crippen molar-refractivity contribution in [3.63, 3.8) is 0 Å². The Hall–Kier alpha value is 0.460. The SMILES string of the molecule is NP1(=O)NCCSN1. The summed E-state index contributed by atoms with van der Waals surface area (Å²) in [5, 5.41) is 2.66. The van der Waals surface area contributed by atoms with Gasteiger partial charge in [0.25, 0.3) is 7.59 Å². The van der Waals surface area contributed by atoms with Crippen LogP contribution in [0.1, 0.15) is 0 Å². The molecule has 1 aliphatic heterocycles. The second-order valence-electron chi connectivity index (χ2n) is 1.51. The fourth-order valence-corrected chi connectivity index (χ4v) is 2.63. The maximum Gasteiger partial charge on any atom is 0.285 e. The van der Waals surface area contributed by atoms with Gasteiger partial charge in [0, 0.05) is 12.3 Å². The van der Waals surface area contributed by atoms with E-state index in [2.05, 4.69) is 9.58 Å². The highest BCUT2D eigenvalue weighted by Gasteiger charge is 2.17. The minimum atomic E-state index is -2.62. The molecule has 4 N–H and O–H groups in total. The van der Waals surface area contributed by atoms with Crippen molar-refractivity contribution in [2.24, 2.45) is 5.50 Å². The summed E-state index contributed by atoms with van der Waals surface area (Å²) in [6.45, 7) is 0.728. The summed E-state index contributed by atoms with van der Waals surface area (Å²) in [5.74, 6) is 0.918. The summed E-state index contributed by atoms with van der Waals surface area (Å²) >= 11 is 1.40. The van der Waals surface area contributed by atoms with Crippen molar-refractivity contribution in [2.75, 3.05) is 12.3 Å². The first-order valence-electron chi connectivity index (χ1n) is 2.23. The molecule has 0 aromatic heterocycles. The lowest BCUT2D eigenvalue weighted by atomic mass is 10.8. The molecule has 0 bridgehead atoms. The van der Waals surface area contributed by atoms with Gasteiger partial charge in [0.15, 0.2) is 0 Å². The van der Waals surface area contributed by atoms with Gasteiger partial charge in [-0.3, -0.25) is 10.1 Å². The molecule has 1 atom stereocenters. The molecule has 1 unspecified atom stereocenters. The Morgan fingerprint density at radius 3 is 2.75 bits per heavy atom. The first-order chi connectivity index (χ1) is 3.71. The van der Waals surface area contributed by atoms with E-state index in [0.29, 0.717) is 0 Å². The number of nitrogens with two attached hydrogens (primary N) is 1. The van der Waals surface area contributed by atoms with E-state index in [4.69, 9.17) is 5.50 Å². The summed E-state index contributed by atoms with van der Waals surface area (Å²) in [7, 11) is -2.62. The summed E-state index contributed by atoms with van der Waals surface area (Å²) in [6, 6.07) is 0. The Morgan fingerprint density at radius 1 is 1.75 bits per heavy atom. The molecule has 0 aromatic carbocycles. The molecule has 1 heterocycles. The third-order valence-corrected chi connectivity index (χ3v) is 3.45. The summed E-state index contributed by atoms with van der Waals surface area (Å²) in [4.78, 5) is 0. The molecule has 0 aromatic rings. The Labute approximate surface area is 52.3 Å². The second-order valence-corrected chi connectivity index (χ2v) is 4.57. The molecule has 8 heavy (non-hydrogen) atoms. The molecule has 0 radical (unpaired) electrons. The van der Waals surface area contributed by atoms with Crippen LogP contribution in [0.25, 0.3) is 0 Å². The van der Waals surface area contributed by atoms with Crippen LogP contribution < -0.4 is 15.1 Å². The van der Waals surface area contributed by atoms with E-state index in [1.165, 1.54) is 11.9 Å². The molecular formula is C2H8N3OPS. The maximum atomic E-state index is 10.8. The maximum absolute atomic E-state index is 10.8. The highest BCUT2D eigenvalue weighted by atomic mass is 32.2. The van der Waals surface area contributed by atoms with E-state index in [1.807, 2.05) is 0 Å². The Bertz CT molecular complexity index is 118. The predicted octanol–water partition coefficient (Wildman–Crippen LogP) is -0.106. The van der Waals surface area contributed by atoms with Gasteiger partial charge < -0.3 is 0 Å². The van der Waals surface area contributed by atoms with Crippen molar-refractivity contribution in [1.29, 1.82) is 0 Å². The number of nitrogens with one attached hydrogen (secondary N) is 2. The molecule has 0 saturated carbocycles. The lowest BCUT2D eigenvalue weighted by Gasteiger charge is -2.19. The van der Waals surface area contributed by atoms with Crippen molar-refractivity contribution in [2.45, 2.75) is 0 Å². The summed E-state index contributed by atoms with van der Waals surface area (Å²) in [6.07, 6.45) is 0. The van der Waals surface area contributed by atoms with Gasteiger partial charge in [0.05, 0.1) is 0 Å². The highest BCUT2D eigenvalue weighted by molar-refractivity contribution is 8.02. The molecule has 1 saturated heterocycles. The minimum absolute atomic E-state index is 0.728. The quantitative estimate of drug-likeness (QED) is 0.335. The minimum Gasteiger partial charge on any atom is -0.270 e. The molecule has 0 aliphatic carbocycles. The van der Waals surface area contributed by atoms with E-state index in [9.17, 15) is 4.57 Å². The van der Waals surface area contributed by atoms with Crippen molar-refractivity contribution < 1.29 is 4.57 Å². The van der Waals surface area contributed by atoms with E-state index < -0.39 is 7.59 Å². The molecule has 1 rings (SSSR count). The van der Waals surface area contributed by atoms with Gasteiger partial charge in [0.2, 0.25) is 0 Å². The van der Waals surface area contributed by atoms with Crippen molar-refractivity contribution in [3.8, 4) is 0 Å². The Morgan fingerprint density at radius 2 is 2.50 bits per heavy atom. The zero-order valence-corrected chi connectivity index (χ0v) is 5.97. The lowest BCUT2D eigenvalue weighted by Crippen LogP contribution is -2.31. The van der Waals surface area contributed by atoms with Crippen LogP contribution in [0.5, 0.6) is 0 Å². The van der Waals surface area contributed by atoms with Crippen LogP contribution in [0.2, 0.25) is 0 Å². The molecule has 0 spiro atoms. The second kappa shape index (κ2) is 2.37. The standard InChI is InChI=1S/C2H8N3OPS/c3-7(6)4-1-2-8-5-7/h1-2H2,(H4,3,4,5,6). The average molecular weight is 153 g/mol. The first kappa shape index (κ1) is 6.58. The Balaban J connectivity index is 2.45. The zero-order chi connectivity index (χ0) is 6.04. The highest BCUT2D eigenvalue weighted by Crippen LogP contribution is 2.30. The van der Waals surface area contributed by atoms with Crippen LogP contribution >= 0.6 is 19.5 Å². The van der Waals surface area contributed by atoms with Gasteiger partial charge in [-0.05, 0) is 0 Å². The van der Waals surface area contributed by atoms with Crippen LogP contribution in [-0.2, 0) is 4.57 Å². The van der Waals surface area contributed by atoms with Gasteiger partial charge in [-0.25, -0.2) is 5.09 Å². The summed E-state index contributed by atoms with van der Waals surface area (Å²) < 4.78 is 13.4. The van der Waals surface area contributed by atoms with Crippen LogP contribution in [0.4, 0.5) is 0 Å². The van der Waals surface area contributed by atoms with Crippen molar-refractivity contribution in [3.05, 3.63) is 0 Å². The number of rotatable bonds is 0. The normalized spacial score (nSPS) is 39.6. The van der Waals surface area contributed by atoms with Gasteiger partial charge >= 0.3 is 0 Å².